The second kappa shape index (κ2) is 7.26. The molecular formula is C21H22FNO5S. The number of sulfonamides is 1. The molecule has 8 heteroatoms. The van der Waals surface area contributed by atoms with Gasteiger partial charge in [-0.25, -0.2) is 17.1 Å². The Labute approximate surface area is 169 Å². The first kappa shape index (κ1) is 21.0. The molecule has 154 valence electrons. The average molecular weight is 419 g/mol. The minimum Gasteiger partial charge on any atom is -0.460 e. The lowest BCUT2D eigenvalue weighted by atomic mass is 10.0. The lowest BCUT2D eigenvalue weighted by Crippen LogP contribution is -2.36. The molecule has 1 aliphatic heterocycles. The number of carbonyl (C=O) groups excluding carboxylic acids is 2. The molecule has 0 saturated heterocycles. The number of rotatable bonds is 4. The van der Waals surface area contributed by atoms with Crippen LogP contribution in [0.5, 0.6) is 0 Å². The first-order valence-corrected chi connectivity index (χ1v) is 10.5. The molecule has 1 unspecified atom stereocenters. The van der Waals surface area contributed by atoms with Gasteiger partial charge >= 0.3 is 5.97 Å². The Balaban J connectivity index is 2.08. The average Bonchev–Trinajstić information content (AvgIpc) is 2.87. The molecule has 0 aliphatic carbocycles. The number of fused-ring (bicyclic) bond motifs is 1. The molecule has 0 fully saturated rings. The van der Waals surface area contributed by atoms with Gasteiger partial charge < -0.3 is 4.74 Å². The third-order valence-corrected chi connectivity index (χ3v) is 6.27. The molecule has 0 bridgehead atoms. The number of hydrogen-bond acceptors (Lipinski definition) is 5. The number of halogens is 1. The highest BCUT2D eigenvalue weighted by Gasteiger charge is 2.47. The molecule has 1 atom stereocenters. The van der Waals surface area contributed by atoms with Crippen molar-refractivity contribution in [2.24, 2.45) is 0 Å². The summed E-state index contributed by atoms with van der Waals surface area (Å²) in [7, 11) is -4.32. The predicted octanol–water partition coefficient (Wildman–Crippen LogP) is 3.75. The maximum absolute atomic E-state index is 14.4. The van der Waals surface area contributed by atoms with E-state index in [2.05, 4.69) is 0 Å². The minimum absolute atomic E-state index is 0.112. The van der Waals surface area contributed by atoms with Crippen molar-refractivity contribution < 1.29 is 27.1 Å². The minimum atomic E-state index is -4.32. The number of benzene rings is 2. The molecule has 0 N–H and O–H groups in total. The second-order valence-electron chi connectivity index (χ2n) is 7.93. The Kier molecular flexibility index (Phi) is 5.25. The first-order valence-electron chi connectivity index (χ1n) is 9.07. The van der Waals surface area contributed by atoms with Crippen molar-refractivity contribution in [3.8, 4) is 0 Å². The summed E-state index contributed by atoms with van der Waals surface area (Å²) in [4.78, 5) is 25.2. The summed E-state index contributed by atoms with van der Waals surface area (Å²) in [6.45, 7) is 6.84. The molecule has 1 heterocycles. The van der Waals surface area contributed by atoms with Gasteiger partial charge in [0.2, 0.25) is 0 Å². The summed E-state index contributed by atoms with van der Waals surface area (Å²) in [6, 6.07) is 8.69. The molecule has 1 amide bonds. The number of esters is 1. The zero-order chi connectivity index (χ0) is 21.6. The van der Waals surface area contributed by atoms with Crippen LogP contribution in [0, 0.1) is 12.7 Å². The van der Waals surface area contributed by atoms with Crippen LogP contribution >= 0.6 is 0 Å². The van der Waals surface area contributed by atoms with Crippen LogP contribution < -0.4 is 0 Å². The van der Waals surface area contributed by atoms with Crippen molar-refractivity contribution in [2.75, 3.05) is 0 Å². The van der Waals surface area contributed by atoms with Gasteiger partial charge in [-0.05, 0) is 51.5 Å². The van der Waals surface area contributed by atoms with Crippen LogP contribution in [0.2, 0.25) is 0 Å². The third-order valence-electron chi connectivity index (χ3n) is 4.46. The van der Waals surface area contributed by atoms with Crippen LogP contribution in [0.1, 0.15) is 54.7 Å². The van der Waals surface area contributed by atoms with Gasteiger partial charge in [0.05, 0.1) is 22.9 Å². The predicted molar refractivity (Wildman–Crippen MR) is 104 cm³/mol. The van der Waals surface area contributed by atoms with Gasteiger partial charge in [0.25, 0.3) is 15.9 Å². The van der Waals surface area contributed by atoms with Crippen molar-refractivity contribution in [3.05, 3.63) is 65.0 Å². The van der Waals surface area contributed by atoms with Crippen molar-refractivity contribution in [1.82, 2.24) is 4.31 Å². The Morgan fingerprint density at radius 2 is 1.76 bits per heavy atom. The smallest absolute Gasteiger partial charge is 0.308 e. The highest BCUT2D eigenvalue weighted by Crippen LogP contribution is 2.41. The Hall–Kier alpha value is -2.74. The third kappa shape index (κ3) is 4.03. The molecule has 6 nitrogen and oxygen atoms in total. The molecule has 29 heavy (non-hydrogen) atoms. The number of nitrogens with zero attached hydrogens (tertiary/aromatic N) is 1. The van der Waals surface area contributed by atoms with Gasteiger partial charge in [0, 0.05) is 0 Å². The summed E-state index contributed by atoms with van der Waals surface area (Å²) < 4.78 is 46.8. The van der Waals surface area contributed by atoms with E-state index in [0.29, 0.717) is 4.31 Å². The van der Waals surface area contributed by atoms with Crippen LogP contribution in [0.25, 0.3) is 0 Å². The van der Waals surface area contributed by atoms with Crippen LogP contribution in [0.4, 0.5) is 4.39 Å². The molecule has 0 aromatic heterocycles. The largest absolute Gasteiger partial charge is 0.460 e. The number of ether oxygens (including phenoxy) is 1. The van der Waals surface area contributed by atoms with E-state index >= 15 is 0 Å². The summed E-state index contributed by atoms with van der Waals surface area (Å²) in [5.74, 6) is -2.51. The highest BCUT2D eigenvalue weighted by atomic mass is 32.2. The number of aryl methyl sites for hydroxylation is 1. The SMILES string of the molecule is Cc1ccc(S(=O)(=O)N2C(=O)c3c(F)cccc3C2CC(=O)OC(C)(C)C)cc1. The van der Waals surface area contributed by atoms with Crippen molar-refractivity contribution in [1.29, 1.82) is 0 Å². The monoisotopic (exact) mass is 419 g/mol. The summed E-state index contributed by atoms with van der Waals surface area (Å²) >= 11 is 0. The van der Waals surface area contributed by atoms with Gasteiger partial charge in [-0.1, -0.05) is 29.8 Å². The number of carbonyl (C=O) groups is 2. The fourth-order valence-corrected chi connectivity index (χ4v) is 4.80. The van der Waals surface area contributed by atoms with Crippen LogP contribution in [0.3, 0.4) is 0 Å². The van der Waals surface area contributed by atoms with E-state index in [1.807, 2.05) is 0 Å². The molecule has 0 saturated carbocycles. The van der Waals surface area contributed by atoms with Gasteiger partial charge in [0.1, 0.15) is 11.4 Å². The zero-order valence-electron chi connectivity index (χ0n) is 16.6. The number of amides is 1. The lowest BCUT2D eigenvalue weighted by Gasteiger charge is -2.26. The van der Waals surface area contributed by atoms with E-state index in [0.717, 1.165) is 11.6 Å². The quantitative estimate of drug-likeness (QED) is 0.705. The topological polar surface area (TPSA) is 80.8 Å². The fourth-order valence-electron chi connectivity index (χ4n) is 3.26. The van der Waals surface area contributed by atoms with Crippen LogP contribution in [-0.4, -0.2) is 30.2 Å². The Bertz CT molecular complexity index is 1070. The molecule has 1 aliphatic rings. The van der Waals surface area contributed by atoms with E-state index in [-0.39, 0.29) is 16.0 Å². The molecule has 2 aromatic rings. The maximum atomic E-state index is 14.4. The molecule has 3 rings (SSSR count). The van der Waals surface area contributed by atoms with Gasteiger partial charge in [0.15, 0.2) is 0 Å². The first-order chi connectivity index (χ1) is 13.4. The van der Waals surface area contributed by atoms with Gasteiger partial charge in [-0.2, -0.15) is 0 Å². The van der Waals surface area contributed by atoms with E-state index in [4.69, 9.17) is 4.74 Å². The fraction of sp³-hybridized carbons (Fsp3) is 0.333. The standard InChI is InChI=1S/C21H22FNO5S/c1-13-8-10-14(11-9-13)29(26,27)23-17(12-18(24)28-21(2,3)4)15-6-5-7-16(22)19(15)20(23)25/h5-11,17H,12H2,1-4H3. The summed E-state index contributed by atoms with van der Waals surface area (Å²) in [5, 5.41) is 0. The van der Waals surface area contributed by atoms with Crippen molar-refractivity contribution in [3.63, 3.8) is 0 Å². The molecular weight excluding hydrogens is 397 g/mol. The summed E-state index contributed by atoms with van der Waals surface area (Å²) in [5.41, 5.74) is -0.130. The van der Waals surface area contributed by atoms with E-state index in [9.17, 15) is 22.4 Å². The molecule has 0 radical (unpaired) electrons. The van der Waals surface area contributed by atoms with Crippen LogP contribution in [0.15, 0.2) is 47.4 Å². The second-order valence-corrected chi connectivity index (χ2v) is 9.74. The van der Waals surface area contributed by atoms with Gasteiger partial charge in [-0.3, -0.25) is 9.59 Å². The normalized spacial score (nSPS) is 16.7. The molecule has 0 spiro atoms. The van der Waals surface area contributed by atoms with E-state index in [1.54, 1.807) is 39.8 Å². The lowest BCUT2D eigenvalue weighted by molar-refractivity contribution is -0.155. The Morgan fingerprint density at radius 3 is 2.34 bits per heavy atom. The van der Waals surface area contributed by atoms with E-state index in [1.165, 1.54) is 24.3 Å². The molecule has 2 aromatic carbocycles. The maximum Gasteiger partial charge on any atom is 0.308 e. The highest BCUT2D eigenvalue weighted by molar-refractivity contribution is 7.89. The zero-order valence-corrected chi connectivity index (χ0v) is 17.4. The Morgan fingerprint density at radius 1 is 1.14 bits per heavy atom. The van der Waals surface area contributed by atoms with Gasteiger partial charge in [-0.15, -0.1) is 0 Å². The van der Waals surface area contributed by atoms with Crippen molar-refractivity contribution in [2.45, 2.75) is 50.7 Å². The van der Waals surface area contributed by atoms with E-state index < -0.39 is 45.8 Å². The number of hydrogen-bond donors (Lipinski definition) is 0. The van der Waals surface area contributed by atoms with Crippen LogP contribution in [-0.2, 0) is 19.6 Å². The van der Waals surface area contributed by atoms with Crippen molar-refractivity contribution >= 4 is 21.9 Å². The summed E-state index contributed by atoms with van der Waals surface area (Å²) in [6.07, 6.45) is -0.412.